The lowest BCUT2D eigenvalue weighted by atomic mass is 10.1. The number of benzene rings is 2. The van der Waals surface area contributed by atoms with Crippen LogP contribution in [0, 0.1) is 0 Å². The van der Waals surface area contributed by atoms with Crippen molar-refractivity contribution in [2.75, 3.05) is 26.2 Å². The molecule has 0 radical (unpaired) electrons. The maximum atomic E-state index is 12.7. The van der Waals surface area contributed by atoms with E-state index in [1.807, 2.05) is 44.2 Å². The zero-order chi connectivity index (χ0) is 19.2. The van der Waals surface area contributed by atoms with E-state index in [1.165, 1.54) is 0 Å². The molecule has 6 heteroatoms. The lowest BCUT2D eigenvalue weighted by Crippen LogP contribution is -2.54. The molecule has 0 unspecified atom stereocenters. The molecular weight excluding hydrogens is 342 g/mol. The van der Waals surface area contributed by atoms with Gasteiger partial charge in [0.25, 0.3) is 5.91 Å². The Kier molecular flexibility index (Phi) is 5.96. The van der Waals surface area contributed by atoms with E-state index in [9.17, 15) is 9.59 Å². The standard InChI is InChI=1S/C21H25N3O3/c1-16(2)22-21(26)24-14-12-23(13-15-24)20(25)17-8-10-19(11-9-17)27-18-6-4-3-5-7-18/h3-11,16H,12-15H2,1-2H3,(H,22,26). The molecule has 27 heavy (non-hydrogen) atoms. The average molecular weight is 367 g/mol. The van der Waals surface area contributed by atoms with E-state index in [2.05, 4.69) is 5.32 Å². The third-order valence-electron chi connectivity index (χ3n) is 4.35. The zero-order valence-electron chi connectivity index (χ0n) is 15.7. The summed E-state index contributed by atoms with van der Waals surface area (Å²) in [6.07, 6.45) is 0. The summed E-state index contributed by atoms with van der Waals surface area (Å²) in [5, 5.41) is 2.88. The number of urea groups is 1. The van der Waals surface area contributed by atoms with Gasteiger partial charge in [-0.25, -0.2) is 4.79 Å². The number of nitrogens with zero attached hydrogens (tertiary/aromatic N) is 2. The van der Waals surface area contributed by atoms with Crippen LogP contribution in [0.3, 0.4) is 0 Å². The number of hydrogen-bond acceptors (Lipinski definition) is 3. The minimum Gasteiger partial charge on any atom is -0.457 e. The molecule has 2 aromatic rings. The molecule has 1 heterocycles. The van der Waals surface area contributed by atoms with Gasteiger partial charge in [0.15, 0.2) is 0 Å². The van der Waals surface area contributed by atoms with Crippen molar-refractivity contribution in [3.8, 4) is 11.5 Å². The Balaban J connectivity index is 1.55. The quantitative estimate of drug-likeness (QED) is 0.901. The molecule has 0 spiro atoms. The topological polar surface area (TPSA) is 61.9 Å². The predicted octanol–water partition coefficient (Wildman–Crippen LogP) is 3.35. The van der Waals surface area contributed by atoms with Crippen LogP contribution in [-0.4, -0.2) is 54.0 Å². The fourth-order valence-corrected chi connectivity index (χ4v) is 2.92. The number of amides is 3. The summed E-state index contributed by atoms with van der Waals surface area (Å²) in [7, 11) is 0. The van der Waals surface area contributed by atoms with Crippen LogP contribution in [-0.2, 0) is 0 Å². The number of nitrogens with one attached hydrogen (secondary N) is 1. The van der Waals surface area contributed by atoms with E-state index in [0.29, 0.717) is 37.5 Å². The minimum absolute atomic E-state index is 0.0230. The van der Waals surface area contributed by atoms with Gasteiger partial charge in [-0.2, -0.15) is 0 Å². The third kappa shape index (κ3) is 5.00. The zero-order valence-corrected chi connectivity index (χ0v) is 15.7. The van der Waals surface area contributed by atoms with E-state index < -0.39 is 0 Å². The van der Waals surface area contributed by atoms with Crippen LogP contribution < -0.4 is 10.1 Å². The lowest BCUT2D eigenvalue weighted by molar-refractivity contribution is 0.0664. The number of ether oxygens (including phenoxy) is 1. The molecule has 0 atom stereocenters. The highest BCUT2D eigenvalue weighted by molar-refractivity contribution is 5.94. The molecule has 2 aromatic carbocycles. The molecule has 6 nitrogen and oxygen atoms in total. The predicted molar refractivity (Wildman–Crippen MR) is 104 cm³/mol. The molecule has 0 aromatic heterocycles. The molecule has 1 saturated heterocycles. The Labute approximate surface area is 159 Å². The van der Waals surface area contributed by atoms with Crippen molar-refractivity contribution in [3.63, 3.8) is 0 Å². The monoisotopic (exact) mass is 367 g/mol. The Morgan fingerprint density at radius 2 is 1.41 bits per heavy atom. The van der Waals surface area contributed by atoms with Gasteiger partial charge in [0, 0.05) is 37.8 Å². The molecule has 3 rings (SSSR count). The molecule has 0 bridgehead atoms. The van der Waals surface area contributed by atoms with Crippen molar-refractivity contribution >= 4 is 11.9 Å². The Morgan fingerprint density at radius 1 is 0.852 bits per heavy atom. The second-order valence-electron chi connectivity index (χ2n) is 6.82. The highest BCUT2D eigenvalue weighted by Crippen LogP contribution is 2.21. The van der Waals surface area contributed by atoms with E-state index >= 15 is 0 Å². The molecule has 1 N–H and O–H groups in total. The van der Waals surface area contributed by atoms with Crippen LogP contribution in [0.1, 0.15) is 24.2 Å². The number of carbonyl (C=O) groups is 2. The van der Waals surface area contributed by atoms with Gasteiger partial charge in [-0.05, 0) is 50.2 Å². The molecule has 1 aliphatic rings. The van der Waals surface area contributed by atoms with Gasteiger partial charge in [-0.3, -0.25) is 4.79 Å². The van der Waals surface area contributed by atoms with Crippen LogP contribution >= 0.6 is 0 Å². The maximum absolute atomic E-state index is 12.7. The molecular formula is C21H25N3O3. The number of rotatable bonds is 4. The van der Waals surface area contributed by atoms with Gasteiger partial charge >= 0.3 is 6.03 Å². The smallest absolute Gasteiger partial charge is 0.317 e. The fraction of sp³-hybridized carbons (Fsp3) is 0.333. The van der Waals surface area contributed by atoms with Gasteiger partial charge in [0.05, 0.1) is 0 Å². The van der Waals surface area contributed by atoms with Gasteiger partial charge < -0.3 is 19.9 Å². The van der Waals surface area contributed by atoms with Crippen LogP contribution in [0.5, 0.6) is 11.5 Å². The van der Waals surface area contributed by atoms with Crippen LogP contribution in [0.15, 0.2) is 54.6 Å². The number of hydrogen-bond donors (Lipinski definition) is 1. The van der Waals surface area contributed by atoms with Gasteiger partial charge in [0.2, 0.25) is 0 Å². The summed E-state index contributed by atoms with van der Waals surface area (Å²) in [4.78, 5) is 28.3. The summed E-state index contributed by atoms with van der Waals surface area (Å²) < 4.78 is 5.75. The molecule has 1 fully saturated rings. The highest BCUT2D eigenvalue weighted by atomic mass is 16.5. The third-order valence-corrected chi connectivity index (χ3v) is 4.35. The number of carbonyl (C=O) groups excluding carboxylic acids is 2. The van der Waals surface area contributed by atoms with Crippen LogP contribution in [0.2, 0.25) is 0 Å². The van der Waals surface area contributed by atoms with E-state index in [4.69, 9.17) is 4.74 Å². The average Bonchev–Trinajstić information content (AvgIpc) is 2.68. The van der Waals surface area contributed by atoms with Crippen LogP contribution in [0.4, 0.5) is 4.79 Å². The molecule has 0 saturated carbocycles. The summed E-state index contributed by atoms with van der Waals surface area (Å²) in [6, 6.07) is 16.7. The van der Waals surface area contributed by atoms with E-state index in [0.717, 1.165) is 5.75 Å². The molecule has 0 aliphatic carbocycles. The maximum Gasteiger partial charge on any atom is 0.317 e. The fourth-order valence-electron chi connectivity index (χ4n) is 2.92. The largest absolute Gasteiger partial charge is 0.457 e. The first-order valence-corrected chi connectivity index (χ1v) is 9.20. The van der Waals surface area contributed by atoms with Crippen LogP contribution in [0.25, 0.3) is 0 Å². The second kappa shape index (κ2) is 8.58. The van der Waals surface area contributed by atoms with Crippen molar-refractivity contribution in [1.82, 2.24) is 15.1 Å². The summed E-state index contributed by atoms with van der Waals surface area (Å²) >= 11 is 0. The molecule has 142 valence electrons. The normalized spacial score (nSPS) is 14.2. The highest BCUT2D eigenvalue weighted by Gasteiger charge is 2.25. The van der Waals surface area contributed by atoms with Crippen molar-refractivity contribution in [1.29, 1.82) is 0 Å². The van der Waals surface area contributed by atoms with Gasteiger partial charge in [0.1, 0.15) is 11.5 Å². The molecule has 1 aliphatic heterocycles. The summed E-state index contributed by atoms with van der Waals surface area (Å²) in [5.41, 5.74) is 0.621. The first-order valence-electron chi connectivity index (χ1n) is 9.20. The lowest BCUT2D eigenvalue weighted by Gasteiger charge is -2.35. The number of para-hydroxylation sites is 1. The van der Waals surface area contributed by atoms with Crippen molar-refractivity contribution in [2.24, 2.45) is 0 Å². The minimum atomic E-state index is -0.0699. The Hall–Kier alpha value is -3.02. The molecule has 3 amide bonds. The van der Waals surface area contributed by atoms with E-state index in [1.54, 1.807) is 34.1 Å². The Morgan fingerprint density at radius 3 is 2.00 bits per heavy atom. The van der Waals surface area contributed by atoms with E-state index in [-0.39, 0.29) is 18.0 Å². The van der Waals surface area contributed by atoms with Gasteiger partial charge in [-0.15, -0.1) is 0 Å². The van der Waals surface area contributed by atoms with Crippen molar-refractivity contribution < 1.29 is 14.3 Å². The summed E-state index contributed by atoms with van der Waals surface area (Å²) in [5.74, 6) is 1.42. The first-order chi connectivity index (χ1) is 13.0. The number of piperazine rings is 1. The Bertz CT molecular complexity index is 767. The first kappa shape index (κ1) is 18.8. The van der Waals surface area contributed by atoms with Gasteiger partial charge in [-0.1, -0.05) is 18.2 Å². The van der Waals surface area contributed by atoms with Crippen molar-refractivity contribution in [2.45, 2.75) is 19.9 Å². The second-order valence-corrected chi connectivity index (χ2v) is 6.82. The summed E-state index contributed by atoms with van der Waals surface area (Å²) in [6.45, 7) is 6.02. The SMILES string of the molecule is CC(C)NC(=O)N1CCN(C(=O)c2ccc(Oc3ccccc3)cc2)CC1. The van der Waals surface area contributed by atoms with Crippen molar-refractivity contribution in [3.05, 3.63) is 60.2 Å².